The van der Waals surface area contributed by atoms with E-state index >= 15 is 0 Å². The minimum atomic E-state index is -1.11. The second kappa shape index (κ2) is 15.0. The zero-order valence-electron chi connectivity index (χ0n) is 34.4. The number of nitrogens with zero attached hydrogens (tertiary/aromatic N) is 5. The van der Waals surface area contributed by atoms with Gasteiger partial charge in [0.2, 0.25) is 0 Å². The Labute approximate surface area is 348 Å². The highest BCUT2D eigenvalue weighted by Crippen LogP contribution is 2.72. The van der Waals surface area contributed by atoms with Gasteiger partial charge in [0.15, 0.2) is 10.8 Å². The number of anilines is 2. The van der Waals surface area contributed by atoms with E-state index in [0.717, 1.165) is 77.8 Å². The van der Waals surface area contributed by atoms with Crippen LogP contribution in [-0.2, 0) is 24.2 Å². The number of aromatic carboxylic acids is 1. The van der Waals surface area contributed by atoms with E-state index in [9.17, 15) is 14.7 Å². The van der Waals surface area contributed by atoms with Crippen molar-refractivity contribution in [2.45, 2.75) is 84.4 Å². The quantitative estimate of drug-likeness (QED) is 0.0846. The lowest BCUT2D eigenvalue weighted by Crippen LogP contribution is -2.64. The standard InChI is InChI=1S/C45H54N8O5S/c1-28-32(19-48-53(28)27-44-22-42(2)21-43(3,23-44)25-45(24-42,26-44)58-18-15-47-4)30-10-12-37(50-38(30)40(55)56)52-16-13-29-33(20-52)31(9-11-35(29)57-17-14-46)39(54)51-41-49-34-7-5-6-8-36(34)59-41/h5-12,19,47H,13-18,20-27,46H2,1-4H3,(H,55,56)(H,49,51,54). The molecule has 310 valence electrons. The molecule has 4 fully saturated rings. The Morgan fingerprint density at radius 2 is 1.75 bits per heavy atom. The largest absolute Gasteiger partial charge is 0.492 e. The summed E-state index contributed by atoms with van der Waals surface area (Å²) in [6.07, 6.45) is 9.11. The summed E-state index contributed by atoms with van der Waals surface area (Å²) >= 11 is 1.42. The molecule has 4 aliphatic carbocycles. The number of likely N-dealkylation sites (N-methyl/N-ethyl adjacent to an activating group) is 1. The number of rotatable bonds is 14. The van der Waals surface area contributed by atoms with Gasteiger partial charge in [-0.05, 0) is 117 Å². The Morgan fingerprint density at radius 3 is 2.49 bits per heavy atom. The SMILES string of the molecule is CNCCOC12CC3(C)CC(C)(CC(Cn4ncc(-c5ccc(N6CCc7c(OCCN)ccc(C(=O)Nc8nc9ccccc9s8)c7C6)nc5C(=O)O)c4C)(C3)C1)C2. The number of nitrogens with one attached hydrogen (secondary N) is 2. The first-order chi connectivity index (χ1) is 28.3. The van der Waals surface area contributed by atoms with Gasteiger partial charge in [-0.25, -0.2) is 14.8 Å². The molecule has 5 aromatic rings. The number of fused-ring (bicyclic) bond motifs is 2. The maximum Gasteiger partial charge on any atom is 0.355 e. The highest BCUT2D eigenvalue weighted by Gasteiger charge is 2.66. The molecule has 3 aromatic heterocycles. The van der Waals surface area contributed by atoms with Crippen molar-refractivity contribution in [2.24, 2.45) is 22.0 Å². The van der Waals surface area contributed by atoms with Crippen LogP contribution in [-0.4, -0.2) is 82.2 Å². The number of carboxylic acid groups (broad SMARTS) is 1. The summed E-state index contributed by atoms with van der Waals surface area (Å²) < 4.78 is 15.9. The molecule has 4 heterocycles. The maximum atomic E-state index is 13.9. The van der Waals surface area contributed by atoms with Crippen LogP contribution in [0.3, 0.4) is 0 Å². The Hall–Kier alpha value is -4.89. The molecule has 1 aliphatic heterocycles. The van der Waals surface area contributed by atoms with Gasteiger partial charge in [0.1, 0.15) is 18.2 Å². The predicted molar refractivity (Wildman–Crippen MR) is 229 cm³/mol. The van der Waals surface area contributed by atoms with Gasteiger partial charge in [0, 0.05) is 60.7 Å². The summed E-state index contributed by atoms with van der Waals surface area (Å²) in [4.78, 5) is 38.3. The summed E-state index contributed by atoms with van der Waals surface area (Å²) in [7, 11) is 1.97. The number of hydrogen-bond acceptors (Lipinski definition) is 11. The topological polar surface area (TPSA) is 170 Å². The van der Waals surface area contributed by atoms with Gasteiger partial charge in [-0.3, -0.25) is 14.8 Å². The monoisotopic (exact) mass is 818 g/mol. The minimum Gasteiger partial charge on any atom is -0.492 e. The van der Waals surface area contributed by atoms with Gasteiger partial charge >= 0.3 is 5.97 Å². The molecule has 0 saturated heterocycles. The molecule has 0 radical (unpaired) electrons. The number of benzene rings is 2. The highest BCUT2D eigenvalue weighted by atomic mass is 32.1. The fourth-order valence-electron chi connectivity index (χ4n) is 12.2. The Bertz CT molecular complexity index is 2390. The molecule has 59 heavy (non-hydrogen) atoms. The van der Waals surface area contributed by atoms with Gasteiger partial charge in [-0.2, -0.15) is 5.10 Å². The Balaban J connectivity index is 0.987. The second-order valence-corrected chi connectivity index (χ2v) is 19.3. The molecule has 13 nitrogen and oxygen atoms in total. The lowest BCUT2D eigenvalue weighted by Gasteiger charge is -2.69. The molecule has 2 aromatic carbocycles. The first-order valence-electron chi connectivity index (χ1n) is 20.8. The molecule has 1 amide bonds. The third-order valence-electron chi connectivity index (χ3n) is 13.2. The van der Waals surface area contributed by atoms with Crippen molar-refractivity contribution in [3.63, 3.8) is 0 Å². The van der Waals surface area contributed by atoms with Gasteiger partial charge in [0.25, 0.3) is 5.91 Å². The molecule has 4 bridgehead atoms. The van der Waals surface area contributed by atoms with Crippen molar-refractivity contribution < 1.29 is 24.2 Å². The fraction of sp³-hybridized carbons (Fsp3) is 0.489. The molecular formula is C45H54N8O5S. The predicted octanol–water partition coefficient (Wildman–Crippen LogP) is 7.07. The summed E-state index contributed by atoms with van der Waals surface area (Å²) in [5.74, 6) is -0.173. The van der Waals surface area contributed by atoms with Crippen LogP contribution in [0.25, 0.3) is 21.3 Å². The molecule has 5 N–H and O–H groups in total. The molecule has 0 spiro atoms. The number of pyridine rings is 1. The average molecular weight is 819 g/mol. The van der Waals surface area contributed by atoms with Crippen molar-refractivity contribution >= 4 is 44.4 Å². The number of para-hydroxylation sites is 1. The molecule has 2 atom stereocenters. The smallest absolute Gasteiger partial charge is 0.355 e. The number of aromatic nitrogens is 4. The maximum absolute atomic E-state index is 13.9. The van der Waals surface area contributed by atoms with Gasteiger partial charge in [-0.1, -0.05) is 37.3 Å². The molecule has 2 unspecified atom stereocenters. The van der Waals surface area contributed by atoms with E-state index in [1.807, 2.05) is 61.3 Å². The van der Waals surface area contributed by atoms with E-state index in [1.165, 1.54) is 17.8 Å². The van der Waals surface area contributed by atoms with Crippen molar-refractivity contribution in [1.29, 1.82) is 0 Å². The van der Waals surface area contributed by atoms with Crippen LogP contribution >= 0.6 is 11.3 Å². The van der Waals surface area contributed by atoms with E-state index < -0.39 is 5.97 Å². The number of hydrogen-bond donors (Lipinski definition) is 4. The van der Waals surface area contributed by atoms with E-state index in [-0.39, 0.29) is 33.4 Å². The first-order valence-corrected chi connectivity index (χ1v) is 21.6. The van der Waals surface area contributed by atoms with Crippen molar-refractivity contribution in [3.8, 4) is 16.9 Å². The molecule has 4 saturated carbocycles. The molecule has 14 heteroatoms. The number of nitrogens with two attached hydrogens (primary N) is 1. The van der Waals surface area contributed by atoms with Gasteiger partial charge in [-0.15, -0.1) is 0 Å². The molecule has 5 aliphatic rings. The third kappa shape index (κ3) is 7.38. The van der Waals surface area contributed by atoms with E-state index in [0.29, 0.717) is 67.1 Å². The van der Waals surface area contributed by atoms with Gasteiger partial charge in [0.05, 0.1) is 28.6 Å². The van der Waals surface area contributed by atoms with Crippen LogP contribution in [0, 0.1) is 23.2 Å². The van der Waals surface area contributed by atoms with Crippen LogP contribution in [0.1, 0.15) is 90.0 Å². The summed E-state index contributed by atoms with van der Waals surface area (Å²) in [5, 5.41) is 22.3. The van der Waals surface area contributed by atoms with Crippen LogP contribution in [0.15, 0.2) is 54.7 Å². The Morgan fingerprint density at radius 1 is 0.949 bits per heavy atom. The summed E-state index contributed by atoms with van der Waals surface area (Å²) in [5.41, 5.74) is 11.4. The zero-order chi connectivity index (χ0) is 41.2. The minimum absolute atomic E-state index is 0.0310. The fourth-order valence-corrected chi connectivity index (χ4v) is 13.0. The number of amides is 1. The summed E-state index contributed by atoms with van der Waals surface area (Å²) in [6, 6.07) is 15.1. The third-order valence-corrected chi connectivity index (χ3v) is 14.2. The average Bonchev–Trinajstić information content (AvgIpc) is 3.76. The van der Waals surface area contributed by atoms with Crippen molar-refractivity contribution in [3.05, 3.63) is 82.8 Å². The number of carbonyl (C=O) groups excluding carboxylic acids is 1. The van der Waals surface area contributed by atoms with E-state index in [2.05, 4.69) is 34.1 Å². The molecular weight excluding hydrogens is 765 g/mol. The number of ether oxygens (including phenoxy) is 2. The van der Waals surface area contributed by atoms with Crippen LogP contribution in [0.5, 0.6) is 5.75 Å². The lowest BCUT2D eigenvalue weighted by molar-refractivity contribution is -0.247. The van der Waals surface area contributed by atoms with Crippen molar-refractivity contribution in [1.82, 2.24) is 25.1 Å². The first kappa shape index (κ1) is 39.6. The summed E-state index contributed by atoms with van der Waals surface area (Å²) in [6.45, 7) is 10.9. The number of carbonyl (C=O) groups is 2. The second-order valence-electron chi connectivity index (χ2n) is 18.3. The van der Waals surface area contributed by atoms with Crippen LogP contribution < -0.4 is 26.0 Å². The Kier molecular flexibility index (Phi) is 10.0. The van der Waals surface area contributed by atoms with Gasteiger partial charge < -0.3 is 30.5 Å². The van der Waals surface area contributed by atoms with E-state index in [4.69, 9.17) is 25.3 Å². The lowest BCUT2D eigenvalue weighted by atomic mass is 9.39. The van der Waals surface area contributed by atoms with E-state index in [1.54, 1.807) is 12.3 Å². The molecule has 10 rings (SSSR count). The normalized spacial score (nSPS) is 25.7. The highest BCUT2D eigenvalue weighted by molar-refractivity contribution is 7.22. The van der Waals surface area contributed by atoms with Crippen LogP contribution in [0.4, 0.5) is 10.9 Å². The zero-order valence-corrected chi connectivity index (χ0v) is 35.2. The number of carboxylic acids is 1. The van der Waals surface area contributed by atoms with Crippen molar-refractivity contribution in [2.75, 3.05) is 50.1 Å². The number of thiazole rings is 1. The van der Waals surface area contributed by atoms with Crippen LogP contribution in [0.2, 0.25) is 0 Å².